The van der Waals surface area contributed by atoms with Crippen molar-refractivity contribution >= 4 is 6.29 Å². The summed E-state index contributed by atoms with van der Waals surface area (Å²) in [6.45, 7) is 3.91. The van der Waals surface area contributed by atoms with Gasteiger partial charge in [0.1, 0.15) is 6.29 Å². The molecule has 0 amide bonds. The summed E-state index contributed by atoms with van der Waals surface area (Å²) in [7, 11) is 0. The van der Waals surface area contributed by atoms with Crippen LogP contribution in [0.1, 0.15) is 35.9 Å². The van der Waals surface area contributed by atoms with E-state index in [0.717, 1.165) is 11.8 Å². The Bertz CT molecular complexity index is 275. The van der Waals surface area contributed by atoms with Crippen molar-refractivity contribution in [2.24, 2.45) is 5.92 Å². The molecule has 0 fully saturated rings. The van der Waals surface area contributed by atoms with E-state index in [9.17, 15) is 9.90 Å². The second-order valence-corrected chi connectivity index (χ2v) is 3.47. The Morgan fingerprint density at radius 3 is 2.15 bits per heavy atom. The number of carbonyl (C=O) groups excluding carboxylic acids is 1. The van der Waals surface area contributed by atoms with Crippen LogP contribution in [0, 0.1) is 5.92 Å². The molecule has 0 heterocycles. The molecule has 1 aromatic rings. The molecular weight excluding hydrogens is 164 g/mol. The fourth-order valence-electron chi connectivity index (χ4n) is 1.16. The summed E-state index contributed by atoms with van der Waals surface area (Å²) in [5, 5.41) is 9.67. The van der Waals surface area contributed by atoms with Crippen molar-refractivity contribution in [2.75, 3.05) is 0 Å². The molecule has 0 bridgehead atoms. The minimum Gasteiger partial charge on any atom is -0.388 e. The molecule has 1 aromatic carbocycles. The van der Waals surface area contributed by atoms with Crippen molar-refractivity contribution in [2.45, 2.75) is 20.0 Å². The molecule has 1 N–H and O–H groups in total. The maximum absolute atomic E-state index is 10.4. The van der Waals surface area contributed by atoms with Crippen LogP contribution in [0.5, 0.6) is 0 Å². The molecule has 1 unspecified atom stereocenters. The quantitative estimate of drug-likeness (QED) is 0.720. The Balaban J connectivity index is 2.85. The molecule has 0 radical (unpaired) electrons. The molecule has 0 aliphatic rings. The molecule has 1 rings (SSSR count). The number of benzene rings is 1. The maximum atomic E-state index is 10.4. The third-order valence-corrected chi connectivity index (χ3v) is 2.05. The van der Waals surface area contributed by atoms with Crippen LogP contribution < -0.4 is 0 Å². The summed E-state index contributed by atoms with van der Waals surface area (Å²) < 4.78 is 0. The molecule has 0 aliphatic carbocycles. The van der Waals surface area contributed by atoms with Crippen LogP contribution in [0.25, 0.3) is 0 Å². The fourth-order valence-corrected chi connectivity index (χ4v) is 1.16. The van der Waals surface area contributed by atoms with E-state index in [0.29, 0.717) is 5.56 Å². The van der Waals surface area contributed by atoms with Gasteiger partial charge in [-0.3, -0.25) is 4.79 Å². The zero-order valence-electron chi connectivity index (χ0n) is 7.90. The van der Waals surface area contributed by atoms with E-state index in [4.69, 9.17) is 0 Å². The van der Waals surface area contributed by atoms with Gasteiger partial charge in [0.2, 0.25) is 0 Å². The summed E-state index contributed by atoms with van der Waals surface area (Å²) in [4.78, 5) is 10.4. The maximum Gasteiger partial charge on any atom is 0.150 e. The molecular formula is C11H14O2. The zero-order chi connectivity index (χ0) is 9.84. The van der Waals surface area contributed by atoms with Gasteiger partial charge in [0, 0.05) is 5.56 Å². The van der Waals surface area contributed by atoms with Crippen molar-refractivity contribution in [3.05, 3.63) is 35.4 Å². The van der Waals surface area contributed by atoms with Crippen molar-refractivity contribution in [3.8, 4) is 0 Å². The van der Waals surface area contributed by atoms with Crippen molar-refractivity contribution in [1.82, 2.24) is 0 Å². The zero-order valence-corrected chi connectivity index (χ0v) is 7.90. The van der Waals surface area contributed by atoms with Crippen molar-refractivity contribution < 1.29 is 9.90 Å². The lowest BCUT2D eigenvalue weighted by atomic mass is 9.98. The number of hydrogen-bond acceptors (Lipinski definition) is 2. The molecule has 0 aliphatic heterocycles. The van der Waals surface area contributed by atoms with Crippen molar-refractivity contribution in [3.63, 3.8) is 0 Å². The molecule has 0 saturated carbocycles. The van der Waals surface area contributed by atoms with Gasteiger partial charge in [0.25, 0.3) is 0 Å². The van der Waals surface area contributed by atoms with Gasteiger partial charge in [-0.2, -0.15) is 0 Å². The number of rotatable bonds is 3. The molecule has 0 saturated heterocycles. The van der Waals surface area contributed by atoms with E-state index in [1.165, 1.54) is 0 Å². The van der Waals surface area contributed by atoms with Crippen LogP contribution in [0.4, 0.5) is 0 Å². The topological polar surface area (TPSA) is 37.3 Å². The second kappa shape index (κ2) is 4.19. The number of aliphatic hydroxyl groups is 1. The van der Waals surface area contributed by atoms with Gasteiger partial charge < -0.3 is 5.11 Å². The van der Waals surface area contributed by atoms with Crippen LogP contribution in [0.3, 0.4) is 0 Å². The average molecular weight is 178 g/mol. The van der Waals surface area contributed by atoms with E-state index < -0.39 is 6.10 Å². The number of hydrogen-bond donors (Lipinski definition) is 1. The van der Waals surface area contributed by atoms with Crippen LogP contribution >= 0.6 is 0 Å². The minimum absolute atomic E-state index is 0.196. The summed E-state index contributed by atoms with van der Waals surface area (Å²) in [5.74, 6) is 0.196. The first kappa shape index (κ1) is 9.93. The molecule has 2 nitrogen and oxygen atoms in total. The standard InChI is InChI=1S/C11H14O2/c1-8(2)11(13)10-5-3-9(7-12)4-6-10/h3-8,11,13H,1-2H3. The predicted molar refractivity (Wildman–Crippen MR) is 51.6 cm³/mol. The van der Waals surface area contributed by atoms with Gasteiger partial charge in [-0.25, -0.2) is 0 Å². The van der Waals surface area contributed by atoms with Crippen LogP contribution in [-0.2, 0) is 0 Å². The van der Waals surface area contributed by atoms with Gasteiger partial charge >= 0.3 is 0 Å². The van der Waals surface area contributed by atoms with Gasteiger partial charge in [0.15, 0.2) is 0 Å². The van der Waals surface area contributed by atoms with Gasteiger partial charge in [-0.1, -0.05) is 38.1 Å². The SMILES string of the molecule is CC(C)C(O)c1ccc(C=O)cc1. The van der Waals surface area contributed by atoms with E-state index >= 15 is 0 Å². The third-order valence-electron chi connectivity index (χ3n) is 2.05. The highest BCUT2D eigenvalue weighted by Crippen LogP contribution is 2.20. The van der Waals surface area contributed by atoms with Crippen LogP contribution in [0.15, 0.2) is 24.3 Å². The average Bonchev–Trinajstić information content (AvgIpc) is 2.17. The Kier molecular flexibility index (Phi) is 3.20. The predicted octanol–water partition coefficient (Wildman–Crippen LogP) is 2.19. The molecule has 2 heteroatoms. The highest BCUT2D eigenvalue weighted by atomic mass is 16.3. The van der Waals surface area contributed by atoms with Crippen molar-refractivity contribution in [1.29, 1.82) is 0 Å². The lowest BCUT2D eigenvalue weighted by molar-refractivity contribution is 0.112. The fraction of sp³-hybridized carbons (Fsp3) is 0.364. The first-order valence-corrected chi connectivity index (χ1v) is 4.38. The highest BCUT2D eigenvalue weighted by molar-refractivity contribution is 5.74. The Morgan fingerprint density at radius 2 is 1.77 bits per heavy atom. The lowest BCUT2D eigenvalue weighted by Crippen LogP contribution is -2.05. The monoisotopic (exact) mass is 178 g/mol. The Morgan fingerprint density at radius 1 is 1.23 bits per heavy atom. The second-order valence-electron chi connectivity index (χ2n) is 3.47. The normalized spacial score (nSPS) is 12.9. The van der Waals surface area contributed by atoms with E-state index in [-0.39, 0.29) is 5.92 Å². The molecule has 0 aromatic heterocycles. The minimum atomic E-state index is -0.444. The van der Waals surface area contributed by atoms with Crippen LogP contribution in [-0.4, -0.2) is 11.4 Å². The lowest BCUT2D eigenvalue weighted by Gasteiger charge is -2.14. The van der Waals surface area contributed by atoms with Crippen LogP contribution in [0.2, 0.25) is 0 Å². The third kappa shape index (κ3) is 2.39. The summed E-state index contributed by atoms with van der Waals surface area (Å²) in [6.07, 6.45) is 0.353. The molecule has 70 valence electrons. The number of aliphatic hydroxyl groups excluding tert-OH is 1. The number of carbonyl (C=O) groups is 1. The first-order valence-electron chi connectivity index (χ1n) is 4.38. The summed E-state index contributed by atoms with van der Waals surface area (Å²) in [6, 6.07) is 7.00. The van der Waals surface area contributed by atoms with E-state index in [1.54, 1.807) is 24.3 Å². The summed E-state index contributed by atoms with van der Waals surface area (Å²) >= 11 is 0. The van der Waals surface area contributed by atoms with E-state index in [2.05, 4.69) is 0 Å². The van der Waals surface area contributed by atoms with Gasteiger partial charge in [0.05, 0.1) is 6.10 Å². The van der Waals surface area contributed by atoms with E-state index in [1.807, 2.05) is 13.8 Å². The Labute approximate surface area is 78.2 Å². The smallest absolute Gasteiger partial charge is 0.150 e. The van der Waals surface area contributed by atoms with Gasteiger partial charge in [-0.05, 0) is 11.5 Å². The van der Waals surface area contributed by atoms with Gasteiger partial charge in [-0.15, -0.1) is 0 Å². The highest BCUT2D eigenvalue weighted by Gasteiger charge is 2.10. The Hall–Kier alpha value is -1.15. The largest absolute Gasteiger partial charge is 0.388 e. The molecule has 1 atom stereocenters. The molecule has 13 heavy (non-hydrogen) atoms. The first-order chi connectivity index (χ1) is 6.15. The summed E-state index contributed by atoms with van der Waals surface area (Å²) in [5.41, 5.74) is 1.50. The molecule has 0 spiro atoms. The number of aldehydes is 1.